The number of hydrogen-bond donors (Lipinski definition) is 1. The van der Waals surface area contributed by atoms with E-state index in [1.807, 2.05) is 23.3 Å². The summed E-state index contributed by atoms with van der Waals surface area (Å²) >= 11 is 0. The lowest BCUT2D eigenvalue weighted by molar-refractivity contribution is -0.167. The number of anilines is 1. The number of aromatic nitrogens is 4. The van der Waals surface area contributed by atoms with Gasteiger partial charge in [0, 0.05) is 17.8 Å². The van der Waals surface area contributed by atoms with Gasteiger partial charge in [-0.15, -0.1) is 5.10 Å². The Morgan fingerprint density at radius 1 is 1.26 bits per heavy atom. The quantitative estimate of drug-likeness (QED) is 0.613. The Bertz CT molecular complexity index is 1260. The van der Waals surface area contributed by atoms with Gasteiger partial charge in [-0.05, 0) is 53.7 Å². The highest BCUT2D eigenvalue weighted by Gasteiger charge is 2.39. The van der Waals surface area contributed by atoms with E-state index in [1.165, 1.54) is 22.9 Å². The Kier molecular flexibility index (Phi) is 5.27. The number of likely N-dealkylation sites (N-methyl/N-ethyl adjacent to an activating group) is 1. The summed E-state index contributed by atoms with van der Waals surface area (Å²) in [6.07, 6.45) is -4.27. The number of benzene rings is 2. The van der Waals surface area contributed by atoms with Crippen molar-refractivity contribution in [1.82, 2.24) is 25.1 Å². The number of carbonyl (C=O) groups is 1. The molecular formula is C21H19F3N6O4. The summed E-state index contributed by atoms with van der Waals surface area (Å²) in [5.41, 5.74) is 2.14. The maximum absolute atomic E-state index is 12.7. The van der Waals surface area contributed by atoms with Gasteiger partial charge in [0.2, 0.25) is 12.5 Å². The third-order valence-corrected chi connectivity index (χ3v) is 5.74. The van der Waals surface area contributed by atoms with E-state index < -0.39 is 18.1 Å². The van der Waals surface area contributed by atoms with Crippen LogP contribution in [0.1, 0.15) is 23.0 Å². The molecule has 5 rings (SSSR count). The van der Waals surface area contributed by atoms with Crippen LogP contribution in [0.2, 0.25) is 0 Å². The summed E-state index contributed by atoms with van der Waals surface area (Å²) in [6.45, 7) is 0.776. The number of halogens is 3. The largest absolute Gasteiger partial charge is 0.492 e. The molecule has 10 nitrogen and oxygen atoms in total. The zero-order valence-corrected chi connectivity index (χ0v) is 18.1. The number of alkyl halides is 3. The van der Waals surface area contributed by atoms with Crippen LogP contribution in [0.5, 0.6) is 17.2 Å². The molecule has 1 unspecified atom stereocenters. The van der Waals surface area contributed by atoms with Gasteiger partial charge in [0.25, 0.3) is 0 Å². The molecule has 0 spiro atoms. The smallest absolute Gasteiger partial charge is 0.471 e. The Balaban J connectivity index is 1.58. The average Bonchev–Trinajstić information content (AvgIpc) is 3.47. The lowest BCUT2D eigenvalue weighted by atomic mass is 9.90. The van der Waals surface area contributed by atoms with Crippen molar-refractivity contribution in [3.05, 3.63) is 47.3 Å². The van der Waals surface area contributed by atoms with E-state index in [-0.39, 0.29) is 12.5 Å². The van der Waals surface area contributed by atoms with E-state index >= 15 is 0 Å². The third kappa shape index (κ3) is 3.67. The number of rotatable bonds is 4. The fraction of sp³-hybridized carbons (Fsp3) is 0.333. The number of nitrogens with one attached hydrogen (secondary N) is 1. The first-order chi connectivity index (χ1) is 16.3. The maximum atomic E-state index is 12.7. The van der Waals surface area contributed by atoms with Crippen LogP contribution < -0.4 is 19.5 Å². The molecule has 2 aliphatic rings. The van der Waals surface area contributed by atoms with Crippen LogP contribution in [0, 0.1) is 0 Å². The highest BCUT2D eigenvalue weighted by Crippen LogP contribution is 2.50. The van der Waals surface area contributed by atoms with Gasteiger partial charge in [0.15, 0.2) is 17.3 Å². The summed E-state index contributed by atoms with van der Waals surface area (Å²) in [6, 6.07) is 7.32. The molecular weight excluding hydrogens is 457 g/mol. The highest BCUT2D eigenvalue weighted by molar-refractivity contribution is 5.95. The number of tetrazole rings is 1. The molecule has 1 aromatic heterocycles. The Labute approximate surface area is 191 Å². The van der Waals surface area contributed by atoms with Crippen molar-refractivity contribution in [2.24, 2.45) is 0 Å². The number of carbonyl (C=O) groups excluding carboxylic acids is 1. The average molecular weight is 476 g/mol. The lowest BCUT2D eigenvalue weighted by Crippen LogP contribution is -2.35. The van der Waals surface area contributed by atoms with Crippen LogP contribution >= 0.6 is 0 Å². The maximum Gasteiger partial charge on any atom is 0.471 e. The zero-order chi connectivity index (χ0) is 24.0. The second kappa shape index (κ2) is 8.17. The van der Waals surface area contributed by atoms with Gasteiger partial charge in [0.1, 0.15) is 6.04 Å². The number of amides is 1. The van der Waals surface area contributed by atoms with Crippen LogP contribution in [-0.4, -0.2) is 64.7 Å². The van der Waals surface area contributed by atoms with Crippen molar-refractivity contribution < 1.29 is 32.2 Å². The molecule has 0 saturated heterocycles. The van der Waals surface area contributed by atoms with E-state index in [9.17, 15) is 18.0 Å². The second-order valence-corrected chi connectivity index (χ2v) is 7.80. The molecule has 34 heavy (non-hydrogen) atoms. The SMILES string of the molecule is COc1c2c(cc3c1C(c1nnnn1-c1cccc(NC(=O)C(F)(F)F)c1)N(C)CC3)OCO2. The van der Waals surface area contributed by atoms with Gasteiger partial charge in [-0.1, -0.05) is 6.07 Å². The monoisotopic (exact) mass is 476 g/mol. The minimum Gasteiger partial charge on any atom is -0.492 e. The molecule has 178 valence electrons. The Morgan fingerprint density at radius 2 is 2.09 bits per heavy atom. The molecule has 0 fully saturated rings. The van der Waals surface area contributed by atoms with E-state index in [4.69, 9.17) is 14.2 Å². The van der Waals surface area contributed by atoms with Crippen LogP contribution in [0.4, 0.5) is 18.9 Å². The second-order valence-electron chi connectivity index (χ2n) is 7.80. The third-order valence-electron chi connectivity index (χ3n) is 5.74. The molecule has 2 aromatic carbocycles. The molecule has 2 aliphatic heterocycles. The molecule has 1 atom stereocenters. The first kappa shape index (κ1) is 21.9. The summed E-state index contributed by atoms with van der Waals surface area (Å²) in [5.74, 6) is -0.0328. The topological polar surface area (TPSA) is 104 Å². The number of methoxy groups -OCH3 is 1. The van der Waals surface area contributed by atoms with Gasteiger partial charge >= 0.3 is 12.1 Å². The lowest BCUT2D eigenvalue weighted by Gasteiger charge is -2.34. The Hall–Kier alpha value is -3.87. The normalized spacial score (nSPS) is 17.4. The molecule has 13 heteroatoms. The van der Waals surface area contributed by atoms with Crippen LogP contribution in [0.25, 0.3) is 5.69 Å². The molecule has 0 radical (unpaired) electrons. The molecule has 0 saturated carbocycles. The van der Waals surface area contributed by atoms with Gasteiger partial charge < -0.3 is 19.5 Å². The fourth-order valence-electron chi connectivity index (χ4n) is 4.22. The first-order valence-electron chi connectivity index (χ1n) is 10.2. The van der Waals surface area contributed by atoms with Crippen LogP contribution in [0.3, 0.4) is 0 Å². The van der Waals surface area contributed by atoms with E-state index in [0.29, 0.717) is 35.3 Å². The minimum absolute atomic E-state index is 0.0420. The van der Waals surface area contributed by atoms with Crippen molar-refractivity contribution in [1.29, 1.82) is 0 Å². The van der Waals surface area contributed by atoms with Crippen LogP contribution in [-0.2, 0) is 11.2 Å². The van der Waals surface area contributed by atoms with Crippen molar-refractivity contribution in [3.8, 4) is 22.9 Å². The summed E-state index contributed by atoms with van der Waals surface area (Å²) in [7, 11) is 3.45. The molecule has 0 aliphatic carbocycles. The Morgan fingerprint density at radius 3 is 2.85 bits per heavy atom. The summed E-state index contributed by atoms with van der Waals surface area (Å²) < 4.78 is 56.3. The number of hydrogen-bond acceptors (Lipinski definition) is 8. The van der Waals surface area contributed by atoms with Crippen LogP contribution in [0.15, 0.2) is 30.3 Å². The standard InChI is InChI=1S/C21H19F3N6O4/c1-29-7-6-11-8-14-17(34-10-33-14)18(32-2)15(11)16(29)19-26-27-28-30(19)13-5-3-4-12(9-13)25-20(31)21(22,23)24/h3-5,8-9,16H,6-7,10H2,1-2H3,(H,25,31). The fourth-order valence-corrected chi connectivity index (χ4v) is 4.22. The van der Waals surface area contributed by atoms with Crippen molar-refractivity contribution in [2.75, 3.05) is 32.8 Å². The van der Waals surface area contributed by atoms with Gasteiger partial charge in [-0.3, -0.25) is 9.69 Å². The van der Waals surface area contributed by atoms with Crippen molar-refractivity contribution in [2.45, 2.75) is 18.6 Å². The van der Waals surface area contributed by atoms with E-state index in [2.05, 4.69) is 15.5 Å². The molecule has 1 N–H and O–H groups in total. The van der Waals surface area contributed by atoms with Gasteiger partial charge in [-0.2, -0.15) is 17.9 Å². The van der Waals surface area contributed by atoms with Gasteiger partial charge in [0.05, 0.1) is 12.8 Å². The molecule has 3 aromatic rings. The van der Waals surface area contributed by atoms with Gasteiger partial charge in [-0.25, -0.2) is 0 Å². The number of fused-ring (bicyclic) bond motifs is 2. The van der Waals surface area contributed by atoms with Crippen molar-refractivity contribution >= 4 is 11.6 Å². The summed E-state index contributed by atoms with van der Waals surface area (Å²) in [5, 5.41) is 14.0. The highest BCUT2D eigenvalue weighted by atomic mass is 19.4. The first-order valence-corrected chi connectivity index (χ1v) is 10.2. The van der Waals surface area contributed by atoms with Crippen molar-refractivity contribution in [3.63, 3.8) is 0 Å². The summed E-state index contributed by atoms with van der Waals surface area (Å²) in [4.78, 5) is 13.4. The predicted molar refractivity (Wildman–Crippen MR) is 111 cm³/mol. The molecule has 1 amide bonds. The van der Waals surface area contributed by atoms with E-state index in [1.54, 1.807) is 13.2 Å². The molecule has 0 bridgehead atoms. The molecule has 3 heterocycles. The predicted octanol–water partition coefficient (Wildman–Crippen LogP) is 2.48. The minimum atomic E-state index is -5.01. The number of ether oxygens (including phenoxy) is 3. The number of nitrogens with zero attached hydrogens (tertiary/aromatic N) is 5. The zero-order valence-electron chi connectivity index (χ0n) is 18.1. The van der Waals surface area contributed by atoms with E-state index in [0.717, 1.165) is 17.5 Å².